The maximum Gasteiger partial charge on any atom is 0.123 e. The van der Waals surface area contributed by atoms with Gasteiger partial charge in [-0.25, -0.2) is 4.39 Å². The summed E-state index contributed by atoms with van der Waals surface area (Å²) in [4.78, 5) is 14.2. The number of piperidine rings is 1. The van der Waals surface area contributed by atoms with Crippen LogP contribution in [0.25, 0.3) is 11.4 Å². The van der Waals surface area contributed by atoms with E-state index >= 15 is 0 Å². The average Bonchev–Trinajstić information content (AvgIpc) is 2.91. The number of rotatable bonds is 6. The molecule has 1 aromatic heterocycles. The first-order chi connectivity index (χ1) is 17.7. The van der Waals surface area contributed by atoms with Crippen molar-refractivity contribution in [3.63, 3.8) is 0 Å². The molecule has 5 heteroatoms. The van der Waals surface area contributed by atoms with E-state index < -0.39 is 0 Å². The van der Waals surface area contributed by atoms with Crippen LogP contribution in [0.3, 0.4) is 0 Å². The third-order valence-electron chi connectivity index (χ3n) is 7.59. The number of benzene rings is 2. The molecule has 36 heavy (non-hydrogen) atoms. The van der Waals surface area contributed by atoms with Crippen molar-refractivity contribution in [2.75, 3.05) is 26.7 Å². The quantitative estimate of drug-likeness (QED) is 0.421. The van der Waals surface area contributed by atoms with Gasteiger partial charge >= 0.3 is 0 Å². The van der Waals surface area contributed by atoms with Gasteiger partial charge in [0, 0.05) is 49.4 Å². The van der Waals surface area contributed by atoms with Gasteiger partial charge < -0.3 is 9.80 Å². The van der Waals surface area contributed by atoms with E-state index in [0.717, 1.165) is 60.9 Å². The summed E-state index contributed by atoms with van der Waals surface area (Å²) in [7, 11) is 2.19. The van der Waals surface area contributed by atoms with Gasteiger partial charge in [-0.05, 0) is 93.1 Å². The molecular weight excluding hydrogens is 447 g/mol. The number of nitrogens with zero attached hydrogens (tertiary/aromatic N) is 4. The largest absolute Gasteiger partial charge is 0.368 e. The second kappa shape index (κ2) is 11.6. The van der Waals surface area contributed by atoms with Crippen LogP contribution >= 0.6 is 0 Å². The molecule has 0 saturated carbocycles. The van der Waals surface area contributed by atoms with Gasteiger partial charge in [-0.2, -0.15) is 0 Å². The third kappa shape index (κ3) is 5.90. The average molecular weight is 483 g/mol. The van der Waals surface area contributed by atoms with Gasteiger partial charge in [-0.3, -0.25) is 9.98 Å². The summed E-state index contributed by atoms with van der Waals surface area (Å²) in [5, 5.41) is 0. The number of hydrogen-bond acceptors (Lipinski definition) is 4. The van der Waals surface area contributed by atoms with Gasteiger partial charge in [0.15, 0.2) is 0 Å². The highest BCUT2D eigenvalue weighted by Crippen LogP contribution is 2.33. The smallest absolute Gasteiger partial charge is 0.123 e. The molecule has 2 aromatic carbocycles. The molecule has 186 valence electrons. The molecule has 2 aliphatic rings. The lowest BCUT2D eigenvalue weighted by Crippen LogP contribution is -2.45. The van der Waals surface area contributed by atoms with E-state index in [1.54, 1.807) is 0 Å². The highest BCUT2D eigenvalue weighted by Gasteiger charge is 2.27. The van der Waals surface area contributed by atoms with E-state index in [4.69, 9.17) is 4.99 Å². The van der Waals surface area contributed by atoms with Gasteiger partial charge in [-0.1, -0.05) is 30.3 Å². The topological polar surface area (TPSA) is 31.7 Å². The van der Waals surface area contributed by atoms with Crippen molar-refractivity contribution in [1.82, 2.24) is 14.8 Å². The summed E-state index contributed by atoms with van der Waals surface area (Å²) in [5.74, 6) is 0.532. The van der Waals surface area contributed by atoms with Crippen molar-refractivity contribution in [2.24, 2.45) is 10.9 Å². The van der Waals surface area contributed by atoms with Gasteiger partial charge in [-0.15, -0.1) is 0 Å². The molecule has 1 atom stereocenters. The van der Waals surface area contributed by atoms with Crippen LogP contribution < -0.4 is 0 Å². The fourth-order valence-corrected chi connectivity index (χ4v) is 5.53. The predicted octanol–water partition coefficient (Wildman–Crippen LogP) is 6.17. The Morgan fingerprint density at radius 1 is 0.861 bits per heavy atom. The van der Waals surface area contributed by atoms with Gasteiger partial charge in [0.05, 0.1) is 11.4 Å². The van der Waals surface area contributed by atoms with Crippen molar-refractivity contribution in [3.05, 3.63) is 102 Å². The maximum atomic E-state index is 13.7. The predicted molar refractivity (Wildman–Crippen MR) is 146 cm³/mol. The first-order valence-corrected chi connectivity index (χ1v) is 13.1. The molecule has 2 aliphatic heterocycles. The summed E-state index contributed by atoms with van der Waals surface area (Å²) in [6.07, 6.45) is 11.3. The van der Waals surface area contributed by atoms with Crippen molar-refractivity contribution in [1.29, 1.82) is 0 Å². The fourth-order valence-electron chi connectivity index (χ4n) is 5.53. The van der Waals surface area contributed by atoms with Crippen molar-refractivity contribution >= 4 is 17.6 Å². The number of aliphatic imine (C=N–C) groups is 1. The van der Waals surface area contributed by atoms with Crippen molar-refractivity contribution < 1.29 is 4.39 Å². The Morgan fingerprint density at radius 3 is 2.31 bits per heavy atom. The lowest BCUT2D eigenvalue weighted by atomic mass is 9.90. The van der Waals surface area contributed by atoms with Crippen molar-refractivity contribution in [2.45, 2.75) is 38.1 Å². The Balaban J connectivity index is 1.35. The SMILES string of the molecule is CN1/C(c2ccncc2)=C(/c2ccc(F)cc2)N=CCC[C@H]1CN1CCC(Cc2ccccc2)CC1. The minimum Gasteiger partial charge on any atom is -0.368 e. The van der Waals surface area contributed by atoms with E-state index in [0.29, 0.717) is 6.04 Å². The molecule has 0 bridgehead atoms. The van der Waals surface area contributed by atoms with Crippen LogP contribution in [-0.4, -0.2) is 53.7 Å². The van der Waals surface area contributed by atoms with Crippen LogP contribution in [0.5, 0.6) is 0 Å². The van der Waals surface area contributed by atoms with E-state index in [-0.39, 0.29) is 5.82 Å². The zero-order chi connectivity index (χ0) is 24.7. The standard InChI is InChI=1S/C31H35FN4/c1-35-29(23-36-20-15-25(16-21-36)22-24-6-3-2-4-7-24)8-5-17-34-30(26-9-11-28(32)12-10-26)31(35)27-13-18-33-19-14-27/h2-4,6-7,9-14,17-19,25,29H,5,8,15-16,20-23H2,1H3/b31-30-,34-17?/t29-/m0/s1. The molecule has 3 heterocycles. The van der Waals surface area contributed by atoms with E-state index in [2.05, 4.69) is 52.2 Å². The number of likely N-dealkylation sites (N-methyl/N-ethyl adjacent to an activating group) is 1. The number of aromatic nitrogens is 1. The summed E-state index contributed by atoms with van der Waals surface area (Å²) in [6, 6.07) is 22.0. The second-order valence-electron chi connectivity index (χ2n) is 10.0. The molecule has 0 aliphatic carbocycles. The molecular formula is C31H35FN4. The van der Waals surface area contributed by atoms with Crippen LogP contribution in [0.15, 0.2) is 84.1 Å². The molecule has 0 spiro atoms. The first kappa shape index (κ1) is 24.4. The van der Waals surface area contributed by atoms with Crippen LogP contribution in [0.2, 0.25) is 0 Å². The van der Waals surface area contributed by atoms with Crippen LogP contribution in [0, 0.1) is 11.7 Å². The highest BCUT2D eigenvalue weighted by molar-refractivity contribution is 5.92. The Morgan fingerprint density at radius 2 is 1.58 bits per heavy atom. The molecule has 5 rings (SSSR count). The molecule has 0 N–H and O–H groups in total. The lowest BCUT2D eigenvalue weighted by molar-refractivity contribution is 0.144. The Hall–Kier alpha value is -3.31. The minimum absolute atomic E-state index is 0.235. The fraction of sp³-hybridized carbons (Fsp3) is 0.355. The zero-order valence-corrected chi connectivity index (χ0v) is 21.1. The van der Waals surface area contributed by atoms with Crippen molar-refractivity contribution in [3.8, 4) is 0 Å². The maximum absolute atomic E-state index is 13.7. The summed E-state index contributed by atoms with van der Waals surface area (Å²) >= 11 is 0. The van der Waals surface area contributed by atoms with Gasteiger partial charge in [0.1, 0.15) is 5.82 Å². The molecule has 0 amide bonds. The number of likely N-dealkylation sites (tertiary alicyclic amines) is 1. The second-order valence-corrected chi connectivity index (χ2v) is 10.0. The van der Waals surface area contributed by atoms with Gasteiger partial charge in [0.25, 0.3) is 0 Å². The monoisotopic (exact) mass is 482 g/mol. The highest BCUT2D eigenvalue weighted by atomic mass is 19.1. The summed E-state index contributed by atoms with van der Waals surface area (Å²) in [6.45, 7) is 3.33. The Bertz CT molecular complexity index is 1170. The molecule has 4 nitrogen and oxygen atoms in total. The molecule has 1 fully saturated rings. The van der Waals surface area contributed by atoms with E-state index in [9.17, 15) is 4.39 Å². The van der Waals surface area contributed by atoms with Gasteiger partial charge in [0.2, 0.25) is 0 Å². The minimum atomic E-state index is -0.235. The number of halogens is 1. The molecule has 3 aromatic rings. The Kier molecular flexibility index (Phi) is 7.87. The van der Waals surface area contributed by atoms with E-state index in [1.807, 2.05) is 42.9 Å². The number of hydrogen-bond donors (Lipinski definition) is 0. The van der Waals surface area contributed by atoms with Crippen LogP contribution in [0.4, 0.5) is 4.39 Å². The zero-order valence-electron chi connectivity index (χ0n) is 21.1. The molecule has 0 radical (unpaired) electrons. The molecule has 1 saturated heterocycles. The summed E-state index contributed by atoms with van der Waals surface area (Å²) < 4.78 is 13.7. The lowest BCUT2D eigenvalue weighted by Gasteiger charge is -2.39. The third-order valence-corrected chi connectivity index (χ3v) is 7.59. The summed E-state index contributed by atoms with van der Waals surface area (Å²) in [5.41, 5.74) is 5.42. The first-order valence-electron chi connectivity index (χ1n) is 13.1. The van der Waals surface area contributed by atoms with Crippen LogP contribution in [0.1, 0.15) is 42.4 Å². The Labute approximate surface area is 214 Å². The number of pyridine rings is 1. The van der Waals surface area contributed by atoms with Crippen LogP contribution in [-0.2, 0) is 6.42 Å². The normalized spacial score (nSPS) is 21.8. The van der Waals surface area contributed by atoms with E-state index in [1.165, 1.54) is 37.0 Å². The molecule has 0 unspecified atom stereocenters.